The number of thiazole rings is 1. The van der Waals surface area contributed by atoms with Crippen molar-refractivity contribution in [3.05, 3.63) is 50.9 Å². The molecule has 1 atom stereocenters. The van der Waals surface area contributed by atoms with Crippen molar-refractivity contribution in [1.29, 1.82) is 0 Å². The van der Waals surface area contributed by atoms with E-state index >= 15 is 0 Å². The summed E-state index contributed by atoms with van der Waals surface area (Å²) in [6, 6.07) is 8.33. The van der Waals surface area contributed by atoms with Gasteiger partial charge >= 0.3 is 0 Å². The Bertz CT molecular complexity index is 705. The molecule has 7 heteroatoms. The largest absolute Gasteiger partial charge is 0.359 e. The number of rotatable bonds is 5. The third-order valence-electron chi connectivity index (χ3n) is 4.14. The number of amides is 1. The van der Waals surface area contributed by atoms with Gasteiger partial charge in [0.15, 0.2) is 0 Å². The smallest absolute Gasteiger partial charge is 0.226 e. The molecule has 24 heavy (non-hydrogen) atoms. The van der Waals surface area contributed by atoms with Crippen molar-refractivity contribution in [3.63, 3.8) is 0 Å². The van der Waals surface area contributed by atoms with Crippen molar-refractivity contribution in [1.82, 2.24) is 20.5 Å². The van der Waals surface area contributed by atoms with Crippen molar-refractivity contribution in [2.24, 2.45) is 0 Å². The molecule has 3 rings (SSSR count). The Labute approximate surface area is 151 Å². The second kappa shape index (κ2) is 8.07. The van der Waals surface area contributed by atoms with E-state index in [1.165, 1.54) is 5.56 Å². The molecule has 1 aliphatic rings. The molecule has 5 nitrogen and oxygen atoms in total. The highest BCUT2D eigenvalue weighted by Crippen LogP contribution is 2.26. The predicted molar refractivity (Wildman–Crippen MR) is 97.4 cm³/mol. The van der Waals surface area contributed by atoms with Crippen LogP contribution >= 0.6 is 22.9 Å². The predicted octanol–water partition coefficient (Wildman–Crippen LogP) is 2.23. The van der Waals surface area contributed by atoms with Crippen LogP contribution in [0.4, 0.5) is 0 Å². The summed E-state index contributed by atoms with van der Waals surface area (Å²) in [6.07, 6.45) is 0.348. The Kier molecular flexibility index (Phi) is 5.84. The molecule has 1 aromatic heterocycles. The maximum atomic E-state index is 11.5. The summed E-state index contributed by atoms with van der Waals surface area (Å²) in [5.74, 6) is -0.00474. The second-order valence-corrected chi connectivity index (χ2v) is 7.21. The van der Waals surface area contributed by atoms with Crippen LogP contribution in [0.15, 0.2) is 29.6 Å². The van der Waals surface area contributed by atoms with Crippen molar-refractivity contribution in [2.75, 3.05) is 26.7 Å². The molecular weight excluding hydrogens is 344 g/mol. The quantitative estimate of drug-likeness (QED) is 0.854. The van der Waals surface area contributed by atoms with Gasteiger partial charge in [0, 0.05) is 49.7 Å². The van der Waals surface area contributed by atoms with Crippen LogP contribution in [0.25, 0.3) is 0 Å². The molecule has 0 aliphatic carbocycles. The summed E-state index contributed by atoms with van der Waals surface area (Å²) in [4.78, 5) is 18.5. The van der Waals surface area contributed by atoms with Gasteiger partial charge in [-0.25, -0.2) is 4.98 Å². The van der Waals surface area contributed by atoms with E-state index in [-0.39, 0.29) is 11.9 Å². The minimum absolute atomic E-state index is 0.00474. The second-order valence-electron chi connectivity index (χ2n) is 5.83. The van der Waals surface area contributed by atoms with Crippen LogP contribution in [-0.2, 0) is 17.8 Å². The van der Waals surface area contributed by atoms with Crippen molar-refractivity contribution in [2.45, 2.75) is 19.0 Å². The number of hydrogen-bond acceptors (Lipinski definition) is 5. The highest BCUT2D eigenvalue weighted by Gasteiger charge is 2.24. The van der Waals surface area contributed by atoms with E-state index in [4.69, 9.17) is 11.6 Å². The van der Waals surface area contributed by atoms with Crippen LogP contribution in [0, 0.1) is 0 Å². The Morgan fingerprint density at radius 3 is 3.21 bits per heavy atom. The average Bonchev–Trinajstić information content (AvgIpc) is 3.02. The standard InChI is InChI=1S/C17H21ClN4OS/c1-19-16(23)8-17-21-14(11-24-17)10-22-6-5-20-9-15(22)12-3-2-4-13(18)7-12/h2-4,7,11,15,20H,5-6,8-10H2,1H3,(H,19,23). The SMILES string of the molecule is CNC(=O)Cc1nc(CN2CCNCC2c2cccc(Cl)c2)cs1. The number of likely N-dealkylation sites (N-methyl/N-ethyl adjacent to an activating group) is 1. The monoisotopic (exact) mass is 364 g/mol. The number of hydrogen-bond donors (Lipinski definition) is 2. The molecule has 1 fully saturated rings. The summed E-state index contributed by atoms with van der Waals surface area (Å²) < 4.78 is 0. The molecule has 1 amide bonds. The third-order valence-corrected chi connectivity index (χ3v) is 5.28. The first-order valence-electron chi connectivity index (χ1n) is 8.00. The van der Waals surface area contributed by atoms with Gasteiger partial charge in [0.05, 0.1) is 12.1 Å². The molecular formula is C17H21ClN4OS. The van der Waals surface area contributed by atoms with Crippen LogP contribution in [0.5, 0.6) is 0 Å². The summed E-state index contributed by atoms with van der Waals surface area (Å²) in [6.45, 7) is 3.60. The normalized spacial score (nSPS) is 18.5. The number of aromatic nitrogens is 1. The van der Waals surface area contributed by atoms with Crippen LogP contribution in [-0.4, -0.2) is 42.5 Å². The molecule has 0 saturated carbocycles. The Morgan fingerprint density at radius 1 is 1.54 bits per heavy atom. The van der Waals surface area contributed by atoms with E-state index in [0.29, 0.717) is 6.42 Å². The number of nitrogens with zero attached hydrogens (tertiary/aromatic N) is 2. The van der Waals surface area contributed by atoms with E-state index in [0.717, 1.165) is 41.9 Å². The highest BCUT2D eigenvalue weighted by molar-refractivity contribution is 7.09. The van der Waals surface area contributed by atoms with Crippen molar-refractivity contribution < 1.29 is 4.79 Å². The summed E-state index contributed by atoms with van der Waals surface area (Å²) in [5, 5.41) is 9.76. The number of carbonyl (C=O) groups is 1. The van der Waals surface area contributed by atoms with Gasteiger partial charge < -0.3 is 10.6 Å². The van der Waals surface area contributed by atoms with Gasteiger partial charge in [0.2, 0.25) is 5.91 Å². The number of nitrogens with one attached hydrogen (secondary N) is 2. The van der Waals surface area contributed by atoms with Gasteiger partial charge in [-0.3, -0.25) is 9.69 Å². The topological polar surface area (TPSA) is 57.3 Å². The maximum Gasteiger partial charge on any atom is 0.226 e. The molecule has 0 spiro atoms. The molecule has 0 bridgehead atoms. The van der Waals surface area contributed by atoms with Gasteiger partial charge in [-0.15, -0.1) is 11.3 Å². The fourth-order valence-corrected chi connectivity index (χ4v) is 3.90. The van der Waals surface area contributed by atoms with Gasteiger partial charge in [-0.05, 0) is 17.7 Å². The van der Waals surface area contributed by atoms with Gasteiger partial charge in [-0.2, -0.15) is 0 Å². The van der Waals surface area contributed by atoms with Crippen LogP contribution in [0.3, 0.4) is 0 Å². The lowest BCUT2D eigenvalue weighted by molar-refractivity contribution is -0.119. The van der Waals surface area contributed by atoms with E-state index in [1.807, 2.05) is 18.2 Å². The molecule has 1 aromatic carbocycles. The lowest BCUT2D eigenvalue weighted by atomic mass is 10.0. The third kappa shape index (κ3) is 4.33. The Balaban J connectivity index is 1.71. The highest BCUT2D eigenvalue weighted by atomic mass is 35.5. The van der Waals surface area contributed by atoms with Crippen LogP contribution in [0.1, 0.15) is 22.3 Å². The molecule has 128 valence electrons. The van der Waals surface area contributed by atoms with Gasteiger partial charge in [0.25, 0.3) is 0 Å². The summed E-state index contributed by atoms with van der Waals surface area (Å²) >= 11 is 7.70. The maximum absolute atomic E-state index is 11.5. The molecule has 2 aromatic rings. The van der Waals surface area contributed by atoms with Gasteiger partial charge in [-0.1, -0.05) is 23.7 Å². The lowest BCUT2D eigenvalue weighted by Crippen LogP contribution is -2.45. The Morgan fingerprint density at radius 2 is 2.42 bits per heavy atom. The first kappa shape index (κ1) is 17.4. The Hall–Kier alpha value is -1.47. The first-order valence-corrected chi connectivity index (χ1v) is 9.25. The van der Waals surface area contributed by atoms with Gasteiger partial charge in [0.1, 0.15) is 5.01 Å². The summed E-state index contributed by atoms with van der Waals surface area (Å²) in [5.41, 5.74) is 2.24. The zero-order valence-electron chi connectivity index (χ0n) is 13.6. The minimum atomic E-state index is -0.00474. The lowest BCUT2D eigenvalue weighted by Gasteiger charge is -2.36. The zero-order valence-corrected chi connectivity index (χ0v) is 15.2. The fraction of sp³-hybridized carbons (Fsp3) is 0.412. The number of benzene rings is 1. The van der Waals surface area contributed by atoms with E-state index in [1.54, 1.807) is 18.4 Å². The van der Waals surface area contributed by atoms with Crippen LogP contribution < -0.4 is 10.6 Å². The van der Waals surface area contributed by atoms with E-state index in [9.17, 15) is 4.79 Å². The molecule has 2 heterocycles. The van der Waals surface area contributed by atoms with Crippen LogP contribution in [0.2, 0.25) is 5.02 Å². The average molecular weight is 365 g/mol. The molecule has 2 N–H and O–H groups in total. The van der Waals surface area contributed by atoms with Crippen molar-refractivity contribution >= 4 is 28.8 Å². The molecule has 1 saturated heterocycles. The number of halogens is 1. The number of piperazine rings is 1. The molecule has 1 aliphatic heterocycles. The minimum Gasteiger partial charge on any atom is -0.359 e. The molecule has 0 radical (unpaired) electrons. The molecule has 1 unspecified atom stereocenters. The van der Waals surface area contributed by atoms with Crippen molar-refractivity contribution in [3.8, 4) is 0 Å². The summed E-state index contributed by atoms with van der Waals surface area (Å²) in [7, 11) is 1.65. The van der Waals surface area contributed by atoms with E-state index in [2.05, 4.69) is 32.0 Å². The number of carbonyl (C=O) groups excluding carboxylic acids is 1. The zero-order chi connectivity index (χ0) is 16.9. The fourth-order valence-electron chi connectivity index (χ4n) is 2.91. The first-order chi connectivity index (χ1) is 11.7. The van der Waals surface area contributed by atoms with E-state index < -0.39 is 0 Å².